The Morgan fingerprint density at radius 3 is 1.95 bits per heavy atom. The van der Waals surface area contributed by atoms with Crippen LogP contribution in [0.2, 0.25) is 0 Å². The van der Waals surface area contributed by atoms with Gasteiger partial charge in [0.2, 0.25) is 5.82 Å². The van der Waals surface area contributed by atoms with Crippen LogP contribution in [0.3, 0.4) is 0 Å². The molecule has 0 radical (unpaired) electrons. The van der Waals surface area contributed by atoms with E-state index in [0.29, 0.717) is 11.5 Å². The van der Waals surface area contributed by atoms with Crippen molar-refractivity contribution in [3.8, 4) is 0 Å². The maximum atomic E-state index is 13.3. The van der Waals surface area contributed by atoms with Gasteiger partial charge in [-0.05, 0) is 6.92 Å². The summed E-state index contributed by atoms with van der Waals surface area (Å²) in [4.78, 5) is 2.77. The molecule has 1 aliphatic rings. The molecule has 0 aliphatic carbocycles. The zero-order valence-electron chi connectivity index (χ0n) is 10.8. The standard InChI is InChI=1S/C9H3F6NO.C2H4O2S/c1-2-3(10)5(12)7-6(4(2)11)16-8(17-7)9(13,14)15;3-5(4)1-2-5/h1H3;1-2H2. The zero-order chi connectivity index (χ0) is 16.9. The summed E-state index contributed by atoms with van der Waals surface area (Å²) >= 11 is 0. The number of hydrogen-bond acceptors (Lipinski definition) is 4. The number of oxazole rings is 1. The molecule has 1 aromatic carbocycles. The van der Waals surface area contributed by atoms with Crippen LogP contribution < -0.4 is 0 Å². The summed E-state index contributed by atoms with van der Waals surface area (Å²) in [5.74, 6) is -5.64. The molecule has 0 unspecified atom stereocenters. The third-order valence-corrected chi connectivity index (χ3v) is 3.74. The smallest absolute Gasteiger partial charge is 0.429 e. The highest BCUT2D eigenvalue weighted by molar-refractivity contribution is 7.98. The number of benzene rings is 1. The van der Waals surface area contributed by atoms with Crippen LogP contribution in [0, 0.1) is 24.4 Å². The van der Waals surface area contributed by atoms with Crippen LogP contribution in [-0.4, -0.2) is 24.9 Å². The van der Waals surface area contributed by atoms with E-state index in [9.17, 15) is 34.8 Å². The van der Waals surface area contributed by atoms with Gasteiger partial charge in [-0.15, -0.1) is 0 Å². The molecule has 2 heterocycles. The Kier molecular flexibility index (Phi) is 3.88. The van der Waals surface area contributed by atoms with Gasteiger partial charge in [-0.25, -0.2) is 22.2 Å². The fraction of sp³-hybridized carbons (Fsp3) is 0.364. The van der Waals surface area contributed by atoms with Crippen molar-refractivity contribution in [2.45, 2.75) is 13.1 Å². The third kappa shape index (κ3) is 3.18. The van der Waals surface area contributed by atoms with Crippen molar-refractivity contribution in [3.63, 3.8) is 0 Å². The Morgan fingerprint density at radius 1 is 1.05 bits per heavy atom. The van der Waals surface area contributed by atoms with E-state index in [2.05, 4.69) is 9.40 Å². The van der Waals surface area contributed by atoms with E-state index >= 15 is 0 Å². The summed E-state index contributed by atoms with van der Waals surface area (Å²) in [6.07, 6.45) is -5.00. The van der Waals surface area contributed by atoms with Crippen LogP contribution in [0.5, 0.6) is 0 Å². The van der Waals surface area contributed by atoms with Gasteiger partial charge in [0, 0.05) is 5.56 Å². The molecule has 0 atom stereocenters. The number of aromatic nitrogens is 1. The normalized spacial score (nSPS) is 16.3. The molecule has 11 heteroatoms. The highest BCUT2D eigenvalue weighted by atomic mass is 32.2. The van der Waals surface area contributed by atoms with Crippen molar-refractivity contribution in [2.24, 2.45) is 0 Å². The van der Waals surface area contributed by atoms with Crippen molar-refractivity contribution in [2.75, 3.05) is 11.5 Å². The first-order valence-corrected chi connectivity index (χ1v) is 7.47. The maximum Gasteiger partial charge on any atom is 0.468 e. The summed E-state index contributed by atoms with van der Waals surface area (Å²) in [6, 6.07) is 0. The average molecular weight is 347 g/mol. The molecule has 0 spiro atoms. The summed E-state index contributed by atoms with van der Waals surface area (Å²) < 4.78 is 99.6. The summed E-state index contributed by atoms with van der Waals surface area (Å²) in [5, 5.41) is 0. The van der Waals surface area contributed by atoms with Gasteiger partial charge in [-0.1, -0.05) is 0 Å². The summed E-state index contributed by atoms with van der Waals surface area (Å²) in [5.41, 5.74) is -2.91. The van der Waals surface area contributed by atoms with Gasteiger partial charge in [-0.3, -0.25) is 0 Å². The molecular weight excluding hydrogens is 340 g/mol. The van der Waals surface area contributed by atoms with Crippen LogP contribution in [0.25, 0.3) is 11.1 Å². The second kappa shape index (κ2) is 5.14. The molecule has 2 aromatic rings. The number of nitrogens with zero attached hydrogens (tertiary/aromatic N) is 1. The molecule has 1 fully saturated rings. The molecule has 0 saturated carbocycles. The monoisotopic (exact) mass is 347 g/mol. The highest BCUT2D eigenvalue weighted by Crippen LogP contribution is 2.34. The lowest BCUT2D eigenvalue weighted by molar-refractivity contribution is -0.156. The molecular formula is C11H7F6NO3S. The van der Waals surface area contributed by atoms with Crippen LogP contribution in [0.4, 0.5) is 26.3 Å². The fourth-order valence-corrected chi connectivity index (χ4v) is 1.89. The third-order valence-electron chi connectivity index (χ3n) is 2.67. The maximum absolute atomic E-state index is 13.3. The highest BCUT2D eigenvalue weighted by Gasteiger charge is 2.39. The molecule has 22 heavy (non-hydrogen) atoms. The lowest BCUT2D eigenvalue weighted by Crippen LogP contribution is -2.04. The minimum atomic E-state index is -5.00. The molecule has 0 amide bonds. The fourth-order valence-electron chi connectivity index (χ4n) is 1.35. The van der Waals surface area contributed by atoms with Crippen molar-refractivity contribution in [3.05, 3.63) is 28.9 Å². The van der Waals surface area contributed by atoms with Crippen LogP contribution in [0.1, 0.15) is 11.5 Å². The molecule has 3 rings (SSSR count). The molecule has 1 aromatic heterocycles. The quantitative estimate of drug-likeness (QED) is 0.418. The number of sulfone groups is 1. The van der Waals surface area contributed by atoms with E-state index in [1.807, 2.05) is 0 Å². The van der Waals surface area contributed by atoms with E-state index in [-0.39, 0.29) is 0 Å². The minimum Gasteiger partial charge on any atom is -0.429 e. The average Bonchev–Trinajstić information content (AvgIpc) is 2.93. The summed E-state index contributed by atoms with van der Waals surface area (Å²) in [6.45, 7) is 0.884. The topological polar surface area (TPSA) is 60.2 Å². The Morgan fingerprint density at radius 2 is 1.55 bits per heavy atom. The minimum absolute atomic E-state index is 0.424. The lowest BCUT2D eigenvalue weighted by atomic mass is 10.2. The van der Waals surface area contributed by atoms with E-state index in [0.717, 1.165) is 6.92 Å². The van der Waals surface area contributed by atoms with Gasteiger partial charge < -0.3 is 4.42 Å². The largest absolute Gasteiger partial charge is 0.468 e. The Labute approximate surface area is 119 Å². The van der Waals surface area contributed by atoms with Crippen LogP contribution in [-0.2, 0) is 16.0 Å². The predicted octanol–water partition coefficient (Wildman–Crippen LogP) is 2.99. The SMILES string of the molecule is Cc1c(F)c(F)c2oc(C(F)(F)F)nc2c1F.O=S1(=O)CC1. The van der Waals surface area contributed by atoms with Crippen molar-refractivity contribution in [1.29, 1.82) is 0 Å². The van der Waals surface area contributed by atoms with Crippen molar-refractivity contribution >= 4 is 20.9 Å². The molecule has 4 nitrogen and oxygen atoms in total. The molecule has 1 saturated heterocycles. The predicted molar refractivity (Wildman–Crippen MR) is 62.3 cm³/mol. The van der Waals surface area contributed by atoms with Crippen LogP contribution >= 0.6 is 0 Å². The zero-order valence-corrected chi connectivity index (χ0v) is 11.6. The first kappa shape index (κ1) is 16.6. The van der Waals surface area contributed by atoms with Gasteiger partial charge in [0.15, 0.2) is 27.1 Å². The van der Waals surface area contributed by atoms with E-state index < -0.39 is 56.0 Å². The second-order valence-corrected chi connectivity index (χ2v) is 6.72. The molecule has 1 aliphatic heterocycles. The van der Waals surface area contributed by atoms with Gasteiger partial charge in [0.25, 0.3) is 0 Å². The molecule has 0 bridgehead atoms. The van der Waals surface area contributed by atoms with Crippen LogP contribution in [0.15, 0.2) is 4.42 Å². The number of alkyl halides is 3. The van der Waals surface area contributed by atoms with Crippen molar-refractivity contribution in [1.82, 2.24) is 4.98 Å². The van der Waals surface area contributed by atoms with Gasteiger partial charge in [0.05, 0.1) is 11.5 Å². The number of hydrogen-bond donors (Lipinski definition) is 0. The number of rotatable bonds is 0. The Hall–Kier alpha value is -1.78. The lowest BCUT2D eigenvalue weighted by Gasteiger charge is -1.99. The first-order chi connectivity index (χ1) is 9.94. The Bertz CT molecular complexity index is 785. The first-order valence-electron chi connectivity index (χ1n) is 5.65. The Balaban J connectivity index is 0.000000299. The molecule has 122 valence electrons. The summed E-state index contributed by atoms with van der Waals surface area (Å²) in [7, 11) is -2.42. The number of halogens is 6. The van der Waals surface area contributed by atoms with Gasteiger partial charge in [-0.2, -0.15) is 17.6 Å². The van der Waals surface area contributed by atoms with Gasteiger partial charge in [0.1, 0.15) is 5.52 Å². The van der Waals surface area contributed by atoms with E-state index in [1.54, 1.807) is 0 Å². The number of fused-ring (bicyclic) bond motifs is 1. The van der Waals surface area contributed by atoms with Gasteiger partial charge >= 0.3 is 12.1 Å². The van der Waals surface area contributed by atoms with Crippen molar-refractivity contribution < 1.29 is 39.2 Å². The second-order valence-electron chi connectivity index (χ2n) is 4.41. The van der Waals surface area contributed by atoms with E-state index in [1.165, 1.54) is 0 Å². The van der Waals surface area contributed by atoms with E-state index in [4.69, 9.17) is 0 Å². The molecule has 0 N–H and O–H groups in total.